The second kappa shape index (κ2) is 6.66. The molecule has 108 valence electrons. The lowest BCUT2D eigenvalue weighted by Crippen LogP contribution is -2.23. The molecule has 0 radical (unpaired) electrons. The standard InChI is InChI=1S/C16H22FN3/c1-4-18-16(13-6-5-7-14(17)10-13)11-15-8-9-20(19-15)12(2)3/h5-10,12,16,18H,4,11H2,1-3H3. The molecule has 1 unspecified atom stereocenters. The van der Waals surface area contributed by atoms with E-state index in [0.717, 1.165) is 24.2 Å². The number of hydrogen-bond acceptors (Lipinski definition) is 2. The summed E-state index contributed by atoms with van der Waals surface area (Å²) in [5.41, 5.74) is 1.99. The molecule has 1 N–H and O–H groups in total. The Morgan fingerprint density at radius 1 is 1.30 bits per heavy atom. The van der Waals surface area contributed by atoms with Crippen molar-refractivity contribution in [2.24, 2.45) is 0 Å². The summed E-state index contributed by atoms with van der Waals surface area (Å²) in [5, 5.41) is 7.96. The Balaban J connectivity index is 2.16. The van der Waals surface area contributed by atoms with Crippen molar-refractivity contribution < 1.29 is 4.39 Å². The molecule has 0 bridgehead atoms. The second-order valence-electron chi connectivity index (χ2n) is 5.25. The largest absolute Gasteiger partial charge is 0.310 e. The Morgan fingerprint density at radius 2 is 2.10 bits per heavy atom. The van der Waals surface area contributed by atoms with Gasteiger partial charge in [0.05, 0.1) is 5.69 Å². The van der Waals surface area contributed by atoms with Gasteiger partial charge in [-0.3, -0.25) is 4.68 Å². The van der Waals surface area contributed by atoms with Gasteiger partial charge in [-0.1, -0.05) is 19.1 Å². The third-order valence-corrected chi connectivity index (χ3v) is 3.31. The average molecular weight is 275 g/mol. The molecule has 2 aromatic rings. The Hall–Kier alpha value is -1.68. The Kier molecular flexibility index (Phi) is 4.90. The molecule has 4 heteroatoms. The van der Waals surface area contributed by atoms with Gasteiger partial charge in [0.2, 0.25) is 0 Å². The number of nitrogens with one attached hydrogen (secondary N) is 1. The molecule has 1 aromatic heterocycles. The summed E-state index contributed by atoms with van der Waals surface area (Å²) in [4.78, 5) is 0. The molecular weight excluding hydrogens is 253 g/mol. The van der Waals surface area contributed by atoms with Crippen LogP contribution < -0.4 is 5.32 Å². The Labute approximate surface area is 119 Å². The van der Waals surface area contributed by atoms with Gasteiger partial charge in [0, 0.05) is 24.7 Å². The van der Waals surface area contributed by atoms with Crippen molar-refractivity contribution in [2.45, 2.75) is 39.3 Å². The number of rotatable bonds is 6. The molecule has 0 saturated heterocycles. The van der Waals surface area contributed by atoms with Crippen LogP contribution in [0.1, 0.15) is 44.1 Å². The molecular formula is C16H22FN3. The van der Waals surface area contributed by atoms with Gasteiger partial charge in [-0.05, 0) is 44.2 Å². The highest BCUT2D eigenvalue weighted by molar-refractivity contribution is 5.22. The van der Waals surface area contributed by atoms with Crippen LogP contribution >= 0.6 is 0 Å². The molecule has 3 nitrogen and oxygen atoms in total. The normalized spacial score (nSPS) is 12.8. The van der Waals surface area contributed by atoms with E-state index in [1.54, 1.807) is 12.1 Å². The summed E-state index contributed by atoms with van der Waals surface area (Å²) >= 11 is 0. The van der Waals surface area contributed by atoms with E-state index in [4.69, 9.17) is 0 Å². The predicted molar refractivity (Wildman–Crippen MR) is 79.1 cm³/mol. The van der Waals surface area contributed by atoms with Gasteiger partial charge in [-0.2, -0.15) is 5.10 Å². The molecule has 0 saturated carbocycles. The molecule has 0 fully saturated rings. The molecule has 0 aliphatic carbocycles. The van der Waals surface area contributed by atoms with E-state index in [1.807, 2.05) is 23.0 Å². The second-order valence-corrected chi connectivity index (χ2v) is 5.25. The fourth-order valence-corrected chi connectivity index (χ4v) is 2.26. The lowest BCUT2D eigenvalue weighted by atomic mass is 10.0. The third-order valence-electron chi connectivity index (χ3n) is 3.31. The number of aromatic nitrogens is 2. The summed E-state index contributed by atoms with van der Waals surface area (Å²) in [6, 6.07) is 9.25. The molecule has 2 rings (SSSR count). The van der Waals surface area contributed by atoms with Crippen molar-refractivity contribution in [1.29, 1.82) is 0 Å². The Bertz CT molecular complexity index is 548. The minimum Gasteiger partial charge on any atom is -0.310 e. The fourth-order valence-electron chi connectivity index (χ4n) is 2.26. The van der Waals surface area contributed by atoms with E-state index in [-0.39, 0.29) is 11.9 Å². The lowest BCUT2D eigenvalue weighted by Gasteiger charge is -2.17. The zero-order valence-electron chi connectivity index (χ0n) is 12.3. The SMILES string of the molecule is CCNC(Cc1ccn(C(C)C)n1)c1cccc(F)c1. The number of benzene rings is 1. The van der Waals surface area contributed by atoms with Crippen molar-refractivity contribution in [3.8, 4) is 0 Å². The Morgan fingerprint density at radius 3 is 2.70 bits per heavy atom. The number of hydrogen-bond donors (Lipinski definition) is 1. The van der Waals surface area contributed by atoms with E-state index in [0.29, 0.717) is 6.04 Å². The lowest BCUT2D eigenvalue weighted by molar-refractivity contribution is 0.505. The van der Waals surface area contributed by atoms with Crippen LogP contribution in [0.3, 0.4) is 0 Å². The minimum atomic E-state index is -0.196. The van der Waals surface area contributed by atoms with E-state index in [2.05, 4.69) is 31.2 Å². The van der Waals surface area contributed by atoms with Crippen LogP contribution in [0.15, 0.2) is 36.5 Å². The van der Waals surface area contributed by atoms with Gasteiger partial charge in [0.25, 0.3) is 0 Å². The molecule has 1 atom stereocenters. The van der Waals surface area contributed by atoms with Crippen molar-refractivity contribution in [1.82, 2.24) is 15.1 Å². The van der Waals surface area contributed by atoms with E-state index < -0.39 is 0 Å². The summed E-state index contributed by atoms with van der Waals surface area (Å²) in [6.07, 6.45) is 2.76. The summed E-state index contributed by atoms with van der Waals surface area (Å²) in [7, 11) is 0. The van der Waals surface area contributed by atoms with E-state index >= 15 is 0 Å². The summed E-state index contributed by atoms with van der Waals surface area (Å²) < 4.78 is 15.3. The molecule has 1 aromatic carbocycles. The predicted octanol–water partition coefficient (Wildman–Crippen LogP) is 3.50. The van der Waals surface area contributed by atoms with Gasteiger partial charge in [0.15, 0.2) is 0 Å². The van der Waals surface area contributed by atoms with Crippen LogP contribution in [0.25, 0.3) is 0 Å². The van der Waals surface area contributed by atoms with E-state index in [9.17, 15) is 4.39 Å². The zero-order chi connectivity index (χ0) is 14.5. The number of halogens is 1. The summed E-state index contributed by atoms with van der Waals surface area (Å²) in [5.74, 6) is -0.196. The van der Waals surface area contributed by atoms with Gasteiger partial charge in [0.1, 0.15) is 5.82 Å². The molecule has 0 aliphatic rings. The first kappa shape index (κ1) is 14.7. The van der Waals surface area contributed by atoms with Gasteiger partial charge >= 0.3 is 0 Å². The molecule has 0 aliphatic heterocycles. The minimum absolute atomic E-state index is 0.0891. The van der Waals surface area contributed by atoms with Crippen LogP contribution in [-0.4, -0.2) is 16.3 Å². The highest BCUT2D eigenvalue weighted by Gasteiger charge is 2.14. The van der Waals surface area contributed by atoms with Crippen molar-refractivity contribution in [2.75, 3.05) is 6.54 Å². The van der Waals surface area contributed by atoms with Crippen molar-refractivity contribution in [3.63, 3.8) is 0 Å². The van der Waals surface area contributed by atoms with Crippen molar-refractivity contribution >= 4 is 0 Å². The van der Waals surface area contributed by atoms with Gasteiger partial charge < -0.3 is 5.32 Å². The highest BCUT2D eigenvalue weighted by atomic mass is 19.1. The maximum atomic E-state index is 13.4. The highest BCUT2D eigenvalue weighted by Crippen LogP contribution is 2.19. The summed E-state index contributed by atoms with van der Waals surface area (Å²) in [6.45, 7) is 7.10. The van der Waals surface area contributed by atoms with Crippen LogP contribution in [0.4, 0.5) is 4.39 Å². The van der Waals surface area contributed by atoms with Crippen molar-refractivity contribution in [3.05, 3.63) is 53.6 Å². The van der Waals surface area contributed by atoms with Crippen LogP contribution in [-0.2, 0) is 6.42 Å². The van der Waals surface area contributed by atoms with Crippen LogP contribution in [0, 0.1) is 5.82 Å². The maximum absolute atomic E-state index is 13.4. The van der Waals surface area contributed by atoms with Crippen LogP contribution in [0.5, 0.6) is 0 Å². The molecule has 0 spiro atoms. The third kappa shape index (κ3) is 3.67. The molecule has 0 amide bonds. The monoisotopic (exact) mass is 275 g/mol. The molecule has 20 heavy (non-hydrogen) atoms. The fraction of sp³-hybridized carbons (Fsp3) is 0.438. The first-order chi connectivity index (χ1) is 9.60. The zero-order valence-corrected chi connectivity index (χ0v) is 12.3. The first-order valence-electron chi connectivity index (χ1n) is 7.13. The van der Waals surface area contributed by atoms with Gasteiger partial charge in [-0.25, -0.2) is 4.39 Å². The topological polar surface area (TPSA) is 29.9 Å². The smallest absolute Gasteiger partial charge is 0.123 e. The number of likely N-dealkylation sites (N-methyl/N-ethyl adjacent to an activating group) is 1. The average Bonchev–Trinajstić information content (AvgIpc) is 2.87. The van der Waals surface area contributed by atoms with E-state index in [1.165, 1.54) is 6.07 Å². The first-order valence-corrected chi connectivity index (χ1v) is 7.13. The maximum Gasteiger partial charge on any atom is 0.123 e. The quantitative estimate of drug-likeness (QED) is 0.874. The van der Waals surface area contributed by atoms with Gasteiger partial charge in [-0.15, -0.1) is 0 Å². The van der Waals surface area contributed by atoms with Crippen LogP contribution in [0.2, 0.25) is 0 Å². The molecule has 1 heterocycles. The number of nitrogens with zero attached hydrogens (tertiary/aromatic N) is 2.